The van der Waals surface area contributed by atoms with Crippen LogP contribution in [-0.2, 0) is 13.5 Å². The van der Waals surface area contributed by atoms with Crippen molar-refractivity contribution in [3.05, 3.63) is 46.0 Å². The molecule has 1 N–H and O–H groups in total. The Hall–Kier alpha value is -1.20. The highest BCUT2D eigenvalue weighted by Crippen LogP contribution is 2.21. The minimum atomic E-state index is 0.254. The Morgan fingerprint density at radius 1 is 1.37 bits per heavy atom. The molecular formula is C14H19BrN4. The maximum Gasteiger partial charge on any atom is 0.0596 e. The molecule has 1 atom stereocenters. The van der Waals surface area contributed by atoms with Crippen LogP contribution in [0.2, 0.25) is 0 Å². The van der Waals surface area contributed by atoms with E-state index in [2.05, 4.69) is 50.4 Å². The first-order valence-electron chi connectivity index (χ1n) is 6.43. The van der Waals surface area contributed by atoms with Crippen LogP contribution in [0.3, 0.4) is 0 Å². The van der Waals surface area contributed by atoms with E-state index in [1.165, 1.54) is 11.3 Å². The van der Waals surface area contributed by atoms with Crippen LogP contribution < -0.4 is 5.32 Å². The molecule has 0 aliphatic rings. The number of halogens is 1. The average molecular weight is 323 g/mol. The summed E-state index contributed by atoms with van der Waals surface area (Å²) >= 11 is 3.48. The van der Waals surface area contributed by atoms with E-state index in [-0.39, 0.29) is 6.04 Å². The van der Waals surface area contributed by atoms with Gasteiger partial charge in [0.1, 0.15) is 0 Å². The normalized spacial score (nSPS) is 12.6. The molecular weight excluding hydrogens is 304 g/mol. The molecule has 2 rings (SSSR count). The topological polar surface area (TPSA) is 42.7 Å². The Morgan fingerprint density at radius 3 is 2.74 bits per heavy atom. The van der Waals surface area contributed by atoms with Crippen LogP contribution in [0.1, 0.15) is 29.9 Å². The smallest absolute Gasteiger partial charge is 0.0596 e. The van der Waals surface area contributed by atoms with Gasteiger partial charge in [0.25, 0.3) is 0 Å². The number of hydrogen-bond donors (Lipinski definition) is 1. The Morgan fingerprint density at radius 2 is 2.16 bits per heavy atom. The highest BCUT2D eigenvalue weighted by molar-refractivity contribution is 9.10. The second kappa shape index (κ2) is 6.30. The summed E-state index contributed by atoms with van der Waals surface area (Å²) < 4.78 is 2.96. The number of aryl methyl sites for hydroxylation is 2. The van der Waals surface area contributed by atoms with Crippen molar-refractivity contribution in [1.82, 2.24) is 20.1 Å². The zero-order chi connectivity index (χ0) is 13.8. The van der Waals surface area contributed by atoms with Gasteiger partial charge in [0.05, 0.1) is 5.69 Å². The van der Waals surface area contributed by atoms with Gasteiger partial charge in [-0.3, -0.25) is 9.67 Å². The summed E-state index contributed by atoms with van der Waals surface area (Å²) in [5, 5.41) is 7.91. The van der Waals surface area contributed by atoms with E-state index in [0.29, 0.717) is 0 Å². The van der Waals surface area contributed by atoms with Crippen LogP contribution in [-0.4, -0.2) is 21.3 Å². The van der Waals surface area contributed by atoms with E-state index in [1.807, 2.05) is 24.9 Å². The Balaban J connectivity index is 2.23. The fourth-order valence-corrected chi connectivity index (χ4v) is 2.62. The maximum absolute atomic E-state index is 4.40. The first-order chi connectivity index (χ1) is 9.10. The van der Waals surface area contributed by atoms with E-state index < -0.39 is 0 Å². The lowest BCUT2D eigenvalue weighted by Gasteiger charge is -2.18. The molecule has 102 valence electrons. The maximum atomic E-state index is 4.40. The zero-order valence-electron chi connectivity index (χ0n) is 11.5. The van der Waals surface area contributed by atoms with Crippen LogP contribution in [0.25, 0.3) is 0 Å². The molecule has 0 spiro atoms. The standard InChI is InChI=1S/C14H19BrN4/c1-4-17-14(11-6-12(15)9-16-8-11)7-13-5-10(2)18-19(13)3/h5-6,8-9,14,17H,4,7H2,1-3H3. The molecule has 2 heterocycles. The van der Waals surface area contributed by atoms with Gasteiger partial charge in [-0.2, -0.15) is 5.10 Å². The van der Waals surface area contributed by atoms with Crippen LogP contribution in [0.4, 0.5) is 0 Å². The average Bonchev–Trinajstić information content (AvgIpc) is 2.67. The predicted molar refractivity (Wildman–Crippen MR) is 80.0 cm³/mol. The van der Waals surface area contributed by atoms with Crippen molar-refractivity contribution < 1.29 is 0 Å². The minimum absolute atomic E-state index is 0.254. The van der Waals surface area contributed by atoms with Crippen LogP contribution in [0, 0.1) is 6.92 Å². The van der Waals surface area contributed by atoms with Crippen molar-refractivity contribution in [2.24, 2.45) is 7.05 Å². The Labute approximate surface area is 122 Å². The number of likely N-dealkylation sites (N-methyl/N-ethyl adjacent to an activating group) is 1. The summed E-state index contributed by atoms with van der Waals surface area (Å²) in [5.74, 6) is 0. The van der Waals surface area contributed by atoms with Gasteiger partial charge < -0.3 is 5.32 Å². The van der Waals surface area contributed by atoms with Crippen molar-refractivity contribution in [2.75, 3.05) is 6.54 Å². The first-order valence-corrected chi connectivity index (χ1v) is 7.22. The third-order valence-electron chi connectivity index (χ3n) is 3.09. The fraction of sp³-hybridized carbons (Fsp3) is 0.429. The highest BCUT2D eigenvalue weighted by atomic mass is 79.9. The highest BCUT2D eigenvalue weighted by Gasteiger charge is 2.14. The minimum Gasteiger partial charge on any atom is -0.310 e. The summed E-state index contributed by atoms with van der Waals surface area (Å²) in [7, 11) is 1.99. The van der Waals surface area contributed by atoms with Gasteiger partial charge in [-0.05, 0) is 47.1 Å². The van der Waals surface area contributed by atoms with Gasteiger partial charge in [-0.25, -0.2) is 0 Å². The molecule has 0 bridgehead atoms. The monoisotopic (exact) mass is 322 g/mol. The fourth-order valence-electron chi connectivity index (χ4n) is 2.24. The largest absolute Gasteiger partial charge is 0.310 e. The number of pyridine rings is 1. The molecule has 0 fully saturated rings. The quantitative estimate of drug-likeness (QED) is 0.920. The van der Waals surface area contributed by atoms with Gasteiger partial charge in [-0.1, -0.05) is 6.92 Å². The molecule has 0 saturated carbocycles. The summed E-state index contributed by atoms with van der Waals surface area (Å²) in [6.45, 7) is 5.06. The molecule has 2 aromatic heterocycles. The molecule has 4 nitrogen and oxygen atoms in total. The van der Waals surface area contributed by atoms with Gasteiger partial charge in [0, 0.05) is 42.1 Å². The molecule has 0 amide bonds. The van der Waals surface area contributed by atoms with Crippen molar-refractivity contribution in [1.29, 1.82) is 0 Å². The molecule has 0 saturated heterocycles. The second-order valence-corrected chi connectivity index (χ2v) is 5.57. The molecule has 2 aromatic rings. The summed E-state index contributed by atoms with van der Waals surface area (Å²) in [6, 6.07) is 4.50. The summed E-state index contributed by atoms with van der Waals surface area (Å²) in [5.41, 5.74) is 3.47. The van der Waals surface area contributed by atoms with Gasteiger partial charge in [-0.15, -0.1) is 0 Å². The third-order valence-corrected chi connectivity index (χ3v) is 3.52. The van der Waals surface area contributed by atoms with E-state index >= 15 is 0 Å². The number of nitrogens with one attached hydrogen (secondary N) is 1. The molecule has 1 unspecified atom stereocenters. The van der Waals surface area contributed by atoms with E-state index in [9.17, 15) is 0 Å². The molecule has 0 aromatic carbocycles. The molecule has 0 radical (unpaired) electrons. The number of nitrogens with zero attached hydrogens (tertiary/aromatic N) is 3. The summed E-state index contributed by atoms with van der Waals surface area (Å²) in [4.78, 5) is 4.25. The van der Waals surface area contributed by atoms with Gasteiger partial charge in [0.15, 0.2) is 0 Å². The predicted octanol–water partition coefficient (Wildman–Crippen LogP) is 2.78. The lowest BCUT2D eigenvalue weighted by Crippen LogP contribution is -2.24. The molecule has 0 aliphatic carbocycles. The third kappa shape index (κ3) is 3.64. The van der Waals surface area contributed by atoms with E-state index in [4.69, 9.17) is 0 Å². The van der Waals surface area contributed by atoms with Gasteiger partial charge in [0.2, 0.25) is 0 Å². The van der Waals surface area contributed by atoms with E-state index in [0.717, 1.165) is 23.1 Å². The van der Waals surface area contributed by atoms with E-state index in [1.54, 1.807) is 6.20 Å². The van der Waals surface area contributed by atoms with Crippen molar-refractivity contribution in [3.8, 4) is 0 Å². The molecule has 5 heteroatoms. The van der Waals surface area contributed by atoms with Crippen LogP contribution in [0.15, 0.2) is 29.0 Å². The van der Waals surface area contributed by atoms with Crippen LogP contribution in [0.5, 0.6) is 0 Å². The zero-order valence-corrected chi connectivity index (χ0v) is 13.1. The molecule has 0 aliphatic heterocycles. The lowest BCUT2D eigenvalue weighted by molar-refractivity contribution is 0.527. The van der Waals surface area contributed by atoms with Gasteiger partial charge >= 0.3 is 0 Å². The number of rotatable bonds is 5. The summed E-state index contributed by atoms with van der Waals surface area (Å²) in [6.07, 6.45) is 4.63. The molecule has 19 heavy (non-hydrogen) atoms. The Bertz CT molecular complexity index is 550. The van der Waals surface area contributed by atoms with Crippen molar-refractivity contribution >= 4 is 15.9 Å². The number of hydrogen-bond acceptors (Lipinski definition) is 3. The second-order valence-electron chi connectivity index (χ2n) is 4.65. The first kappa shape index (κ1) is 14.2. The SMILES string of the molecule is CCNC(Cc1cc(C)nn1C)c1cncc(Br)c1. The van der Waals surface area contributed by atoms with Crippen molar-refractivity contribution in [2.45, 2.75) is 26.3 Å². The Kier molecular flexibility index (Phi) is 4.71. The van der Waals surface area contributed by atoms with Crippen LogP contribution >= 0.6 is 15.9 Å². The number of aromatic nitrogens is 3. The lowest BCUT2D eigenvalue weighted by atomic mass is 10.0. The van der Waals surface area contributed by atoms with Crippen molar-refractivity contribution in [3.63, 3.8) is 0 Å².